The van der Waals surface area contributed by atoms with E-state index in [0.29, 0.717) is 0 Å². The smallest absolute Gasteiger partial charge is 0.0655 e. The van der Waals surface area contributed by atoms with Crippen LogP contribution in [0, 0.1) is 0 Å². The minimum absolute atomic E-state index is 1.00. The van der Waals surface area contributed by atoms with Gasteiger partial charge in [-0.05, 0) is 24.1 Å². The molecule has 1 aromatic heterocycles. The Bertz CT molecular complexity index is 228. The van der Waals surface area contributed by atoms with E-state index in [-0.39, 0.29) is 0 Å². The highest BCUT2D eigenvalue weighted by molar-refractivity contribution is 5.46. The summed E-state index contributed by atoms with van der Waals surface area (Å²) in [5.41, 5.74) is 2.27. The molecular formula is C9H11N. The molecule has 0 aromatic carbocycles. The normalized spacial score (nSPS) is 9.30. The number of hydrogen-bond acceptors (Lipinski definition) is 1. The van der Waals surface area contributed by atoms with Crippen molar-refractivity contribution in [3.63, 3.8) is 0 Å². The first kappa shape index (κ1) is 7.00. The Kier molecular flexibility index (Phi) is 2.21. The van der Waals surface area contributed by atoms with Crippen LogP contribution in [0.2, 0.25) is 0 Å². The maximum Gasteiger partial charge on any atom is 0.0655 e. The molecule has 0 saturated carbocycles. The fraction of sp³-hybridized carbons (Fsp3) is 0.222. The second-order valence-electron chi connectivity index (χ2n) is 2.11. The van der Waals surface area contributed by atoms with Gasteiger partial charge < -0.3 is 0 Å². The van der Waals surface area contributed by atoms with Gasteiger partial charge in [-0.25, -0.2) is 0 Å². The first-order chi connectivity index (χ1) is 4.88. The highest BCUT2D eigenvalue weighted by atomic mass is 14.7. The van der Waals surface area contributed by atoms with Gasteiger partial charge in [0.15, 0.2) is 0 Å². The van der Waals surface area contributed by atoms with E-state index in [1.54, 1.807) is 12.3 Å². The lowest BCUT2D eigenvalue weighted by molar-refractivity contribution is 1.09. The van der Waals surface area contributed by atoms with Gasteiger partial charge in [0.05, 0.1) is 5.69 Å². The minimum Gasteiger partial charge on any atom is -0.257 e. The lowest BCUT2D eigenvalue weighted by Crippen LogP contribution is -1.87. The molecule has 0 spiro atoms. The summed E-state index contributed by atoms with van der Waals surface area (Å²) in [6, 6.07) is 4.02. The summed E-state index contributed by atoms with van der Waals surface area (Å²) >= 11 is 0. The Morgan fingerprint density at radius 3 is 3.00 bits per heavy atom. The lowest BCUT2D eigenvalue weighted by Gasteiger charge is -1.98. The highest BCUT2D eigenvalue weighted by Gasteiger charge is 1.93. The third kappa shape index (κ3) is 1.24. The third-order valence-corrected chi connectivity index (χ3v) is 1.50. The maximum absolute atomic E-state index is 4.15. The van der Waals surface area contributed by atoms with Gasteiger partial charge in [0.25, 0.3) is 0 Å². The number of rotatable bonds is 2. The molecule has 1 nitrogen and oxygen atoms in total. The van der Waals surface area contributed by atoms with Gasteiger partial charge in [-0.3, -0.25) is 4.98 Å². The molecule has 1 heteroatoms. The van der Waals surface area contributed by atoms with Crippen LogP contribution in [0.4, 0.5) is 0 Å². The van der Waals surface area contributed by atoms with E-state index in [1.165, 1.54) is 5.56 Å². The highest BCUT2D eigenvalue weighted by Crippen LogP contribution is 2.05. The van der Waals surface area contributed by atoms with Crippen molar-refractivity contribution in [3.8, 4) is 0 Å². The molecule has 0 radical (unpaired) electrons. The van der Waals surface area contributed by atoms with Crippen molar-refractivity contribution in [1.29, 1.82) is 0 Å². The summed E-state index contributed by atoms with van der Waals surface area (Å²) < 4.78 is 0. The third-order valence-electron chi connectivity index (χ3n) is 1.50. The molecule has 0 amide bonds. The molecule has 0 aliphatic rings. The summed E-state index contributed by atoms with van der Waals surface area (Å²) in [5, 5.41) is 0. The molecule has 1 rings (SSSR count). The fourth-order valence-corrected chi connectivity index (χ4v) is 0.934. The predicted octanol–water partition coefficient (Wildman–Crippen LogP) is 2.29. The summed E-state index contributed by atoms with van der Waals surface area (Å²) in [6.45, 7) is 5.79. The molecule has 0 bridgehead atoms. The molecule has 0 atom stereocenters. The van der Waals surface area contributed by atoms with Crippen molar-refractivity contribution in [2.45, 2.75) is 13.3 Å². The van der Waals surface area contributed by atoms with E-state index in [2.05, 4.69) is 24.6 Å². The van der Waals surface area contributed by atoms with Crippen LogP contribution in [-0.2, 0) is 6.42 Å². The number of aryl methyl sites for hydroxylation is 1. The van der Waals surface area contributed by atoms with Crippen LogP contribution in [-0.4, -0.2) is 4.98 Å². The van der Waals surface area contributed by atoms with Crippen molar-refractivity contribution in [1.82, 2.24) is 4.98 Å². The number of pyridine rings is 1. The first-order valence-corrected chi connectivity index (χ1v) is 3.44. The van der Waals surface area contributed by atoms with Crippen LogP contribution in [0.5, 0.6) is 0 Å². The number of aromatic nitrogens is 1. The van der Waals surface area contributed by atoms with Crippen LogP contribution in [0.1, 0.15) is 18.2 Å². The quantitative estimate of drug-likeness (QED) is 0.603. The average Bonchev–Trinajstić information content (AvgIpc) is 2.04. The van der Waals surface area contributed by atoms with Gasteiger partial charge in [-0.1, -0.05) is 19.6 Å². The Labute approximate surface area is 61.4 Å². The Balaban J connectivity index is 3.08. The monoisotopic (exact) mass is 133 g/mol. The van der Waals surface area contributed by atoms with Crippen LogP contribution >= 0.6 is 0 Å². The summed E-state index contributed by atoms with van der Waals surface area (Å²) in [7, 11) is 0. The second kappa shape index (κ2) is 3.16. The van der Waals surface area contributed by atoms with E-state index in [4.69, 9.17) is 0 Å². The van der Waals surface area contributed by atoms with E-state index < -0.39 is 0 Å². The van der Waals surface area contributed by atoms with Gasteiger partial charge in [-0.2, -0.15) is 0 Å². The van der Waals surface area contributed by atoms with E-state index >= 15 is 0 Å². The number of nitrogens with zero attached hydrogens (tertiary/aromatic N) is 1. The maximum atomic E-state index is 4.15. The molecule has 0 fully saturated rings. The molecule has 52 valence electrons. The standard InChI is InChI=1S/C9H11N/c1-3-8-6-5-7-10-9(8)4-2/h4-7H,2-3H2,1H3. The van der Waals surface area contributed by atoms with Gasteiger partial charge in [-0.15, -0.1) is 0 Å². The van der Waals surface area contributed by atoms with Gasteiger partial charge in [0.2, 0.25) is 0 Å². The summed E-state index contributed by atoms with van der Waals surface area (Å²) in [4.78, 5) is 4.15. The molecule has 10 heavy (non-hydrogen) atoms. The first-order valence-electron chi connectivity index (χ1n) is 3.44. The minimum atomic E-state index is 1.00. The topological polar surface area (TPSA) is 12.9 Å². The zero-order valence-corrected chi connectivity index (χ0v) is 6.17. The van der Waals surface area contributed by atoms with Crippen molar-refractivity contribution in [3.05, 3.63) is 36.2 Å². The zero-order valence-electron chi connectivity index (χ0n) is 6.17. The average molecular weight is 133 g/mol. The van der Waals surface area contributed by atoms with Crippen LogP contribution in [0.3, 0.4) is 0 Å². The fourth-order valence-electron chi connectivity index (χ4n) is 0.934. The van der Waals surface area contributed by atoms with Gasteiger partial charge in [0.1, 0.15) is 0 Å². The Hall–Kier alpha value is -1.11. The molecule has 0 aliphatic heterocycles. The SMILES string of the molecule is C=Cc1ncccc1CC. The summed E-state index contributed by atoms with van der Waals surface area (Å²) in [6.07, 6.45) is 4.60. The molecule has 0 aliphatic carbocycles. The van der Waals surface area contributed by atoms with E-state index in [0.717, 1.165) is 12.1 Å². The van der Waals surface area contributed by atoms with E-state index in [9.17, 15) is 0 Å². The molecule has 0 N–H and O–H groups in total. The lowest BCUT2D eigenvalue weighted by atomic mass is 10.1. The predicted molar refractivity (Wildman–Crippen MR) is 43.7 cm³/mol. The van der Waals surface area contributed by atoms with Gasteiger partial charge in [0, 0.05) is 6.20 Å². The molecule has 1 aromatic rings. The summed E-state index contributed by atoms with van der Waals surface area (Å²) in [5.74, 6) is 0. The largest absolute Gasteiger partial charge is 0.257 e. The van der Waals surface area contributed by atoms with Crippen molar-refractivity contribution >= 4 is 6.08 Å². The zero-order chi connectivity index (χ0) is 7.40. The Morgan fingerprint density at radius 1 is 1.70 bits per heavy atom. The second-order valence-corrected chi connectivity index (χ2v) is 2.11. The van der Waals surface area contributed by atoms with Crippen molar-refractivity contribution in [2.75, 3.05) is 0 Å². The van der Waals surface area contributed by atoms with Crippen LogP contribution < -0.4 is 0 Å². The molecule has 0 saturated heterocycles. The van der Waals surface area contributed by atoms with Crippen LogP contribution in [0.25, 0.3) is 6.08 Å². The van der Waals surface area contributed by atoms with Crippen molar-refractivity contribution < 1.29 is 0 Å². The van der Waals surface area contributed by atoms with Crippen molar-refractivity contribution in [2.24, 2.45) is 0 Å². The number of hydrogen-bond donors (Lipinski definition) is 0. The van der Waals surface area contributed by atoms with Gasteiger partial charge >= 0.3 is 0 Å². The molecule has 0 unspecified atom stereocenters. The molecular weight excluding hydrogens is 122 g/mol. The molecule has 1 heterocycles. The van der Waals surface area contributed by atoms with E-state index in [1.807, 2.05) is 6.07 Å². The van der Waals surface area contributed by atoms with Crippen LogP contribution in [0.15, 0.2) is 24.9 Å². The Morgan fingerprint density at radius 2 is 2.50 bits per heavy atom.